The molecule has 2 fully saturated rings. The first kappa shape index (κ1) is 15.8. The summed E-state index contributed by atoms with van der Waals surface area (Å²) >= 11 is 1.79. The molecule has 0 radical (unpaired) electrons. The lowest BCUT2D eigenvalue weighted by Gasteiger charge is -2.25. The number of thiazole rings is 1. The van der Waals surface area contributed by atoms with Gasteiger partial charge in [0.05, 0.1) is 6.54 Å². The standard InChI is InChI=1S/C17H28N4S/c1-3-14-11-19-15(22-14)12-20-16(18-4-2)21-10-9-17(13-21)7-5-6-8-17/h11H,3-10,12-13H2,1-2H3,(H,18,20). The number of guanidine groups is 1. The van der Waals surface area contributed by atoms with Crippen molar-refractivity contribution in [1.29, 1.82) is 0 Å². The Morgan fingerprint density at radius 2 is 2.18 bits per heavy atom. The molecule has 122 valence electrons. The van der Waals surface area contributed by atoms with Crippen LogP contribution in [0.5, 0.6) is 0 Å². The monoisotopic (exact) mass is 320 g/mol. The van der Waals surface area contributed by atoms with E-state index in [2.05, 4.69) is 29.0 Å². The SMILES string of the molecule is CCNC(=NCc1ncc(CC)s1)N1CCC2(CCCC2)C1. The first-order valence-electron chi connectivity index (χ1n) is 8.71. The Morgan fingerprint density at radius 1 is 1.36 bits per heavy atom. The Bertz CT molecular complexity index is 516. The number of rotatable bonds is 4. The van der Waals surface area contributed by atoms with Crippen LogP contribution in [0.15, 0.2) is 11.2 Å². The predicted molar refractivity (Wildman–Crippen MR) is 93.4 cm³/mol. The second kappa shape index (κ2) is 6.99. The van der Waals surface area contributed by atoms with Crippen molar-refractivity contribution in [3.05, 3.63) is 16.1 Å². The molecule has 1 spiro atoms. The molecule has 0 unspecified atom stereocenters. The van der Waals surface area contributed by atoms with Crippen LogP contribution in [0.4, 0.5) is 0 Å². The molecule has 0 aromatic carbocycles. The summed E-state index contributed by atoms with van der Waals surface area (Å²) in [7, 11) is 0. The molecule has 1 N–H and O–H groups in total. The van der Waals surface area contributed by atoms with E-state index in [0.717, 1.165) is 30.5 Å². The molecule has 1 saturated carbocycles. The smallest absolute Gasteiger partial charge is 0.194 e. The molecule has 0 amide bonds. The summed E-state index contributed by atoms with van der Waals surface area (Å²) in [4.78, 5) is 13.2. The minimum Gasteiger partial charge on any atom is -0.357 e. The van der Waals surface area contributed by atoms with Gasteiger partial charge >= 0.3 is 0 Å². The number of hydrogen-bond acceptors (Lipinski definition) is 3. The van der Waals surface area contributed by atoms with Crippen molar-refractivity contribution in [2.45, 2.75) is 58.9 Å². The van der Waals surface area contributed by atoms with Crippen molar-refractivity contribution >= 4 is 17.3 Å². The minimum absolute atomic E-state index is 0.590. The molecule has 1 aromatic rings. The molecule has 1 saturated heterocycles. The first-order valence-corrected chi connectivity index (χ1v) is 9.53. The van der Waals surface area contributed by atoms with Crippen LogP contribution in [0, 0.1) is 5.41 Å². The van der Waals surface area contributed by atoms with E-state index in [0.29, 0.717) is 12.0 Å². The van der Waals surface area contributed by atoms with Crippen molar-refractivity contribution in [2.24, 2.45) is 10.4 Å². The van der Waals surface area contributed by atoms with E-state index < -0.39 is 0 Å². The zero-order valence-corrected chi connectivity index (χ0v) is 14.7. The van der Waals surface area contributed by atoms with E-state index in [1.54, 1.807) is 11.3 Å². The zero-order valence-electron chi connectivity index (χ0n) is 13.9. The lowest BCUT2D eigenvalue weighted by Crippen LogP contribution is -2.41. The largest absolute Gasteiger partial charge is 0.357 e. The second-order valence-electron chi connectivity index (χ2n) is 6.62. The van der Waals surface area contributed by atoms with Crippen LogP contribution in [0.25, 0.3) is 0 Å². The third-order valence-electron chi connectivity index (χ3n) is 5.05. The average Bonchev–Trinajstić information content (AvgIpc) is 3.26. The van der Waals surface area contributed by atoms with Gasteiger partial charge in [-0.05, 0) is 38.0 Å². The van der Waals surface area contributed by atoms with E-state index in [1.165, 1.54) is 43.5 Å². The van der Waals surface area contributed by atoms with E-state index in [4.69, 9.17) is 4.99 Å². The van der Waals surface area contributed by atoms with Gasteiger partial charge in [-0.25, -0.2) is 9.98 Å². The summed E-state index contributed by atoms with van der Waals surface area (Å²) in [6.07, 6.45) is 10.1. The Balaban J connectivity index is 1.65. The van der Waals surface area contributed by atoms with Crippen LogP contribution in [0.3, 0.4) is 0 Å². The third kappa shape index (κ3) is 3.45. The highest BCUT2D eigenvalue weighted by molar-refractivity contribution is 7.11. The molecule has 0 bridgehead atoms. The van der Waals surface area contributed by atoms with Gasteiger partial charge in [0.15, 0.2) is 5.96 Å². The second-order valence-corrected chi connectivity index (χ2v) is 7.82. The van der Waals surface area contributed by atoms with E-state index >= 15 is 0 Å². The van der Waals surface area contributed by atoms with Crippen molar-refractivity contribution in [1.82, 2.24) is 15.2 Å². The number of hydrogen-bond donors (Lipinski definition) is 1. The quantitative estimate of drug-likeness (QED) is 0.682. The number of likely N-dealkylation sites (tertiary alicyclic amines) is 1. The number of aromatic nitrogens is 1. The molecule has 1 aliphatic carbocycles. The maximum atomic E-state index is 4.85. The summed E-state index contributed by atoms with van der Waals surface area (Å²) in [6, 6.07) is 0. The van der Waals surface area contributed by atoms with Gasteiger partial charge < -0.3 is 10.2 Å². The highest BCUT2D eigenvalue weighted by Crippen LogP contribution is 2.45. The Hall–Kier alpha value is -1.10. The van der Waals surface area contributed by atoms with Gasteiger partial charge in [-0.3, -0.25) is 0 Å². The molecule has 22 heavy (non-hydrogen) atoms. The van der Waals surface area contributed by atoms with Gasteiger partial charge in [0, 0.05) is 30.7 Å². The molecular formula is C17H28N4S. The Kier molecular flexibility index (Phi) is 5.01. The summed E-state index contributed by atoms with van der Waals surface area (Å²) in [5.41, 5.74) is 0.590. The topological polar surface area (TPSA) is 40.5 Å². The molecule has 0 atom stereocenters. The molecular weight excluding hydrogens is 292 g/mol. The number of aryl methyl sites for hydroxylation is 1. The molecule has 2 heterocycles. The van der Waals surface area contributed by atoms with Gasteiger partial charge in [-0.1, -0.05) is 19.8 Å². The molecule has 4 nitrogen and oxygen atoms in total. The van der Waals surface area contributed by atoms with E-state index in [1.807, 2.05) is 6.20 Å². The van der Waals surface area contributed by atoms with Gasteiger partial charge in [-0.2, -0.15) is 0 Å². The van der Waals surface area contributed by atoms with Gasteiger partial charge in [0.1, 0.15) is 5.01 Å². The van der Waals surface area contributed by atoms with Crippen LogP contribution in [-0.2, 0) is 13.0 Å². The fourth-order valence-electron chi connectivity index (χ4n) is 3.80. The molecule has 3 rings (SSSR count). The summed E-state index contributed by atoms with van der Waals surface area (Å²) < 4.78 is 0. The Labute approximate surface area is 138 Å². The predicted octanol–water partition coefficient (Wildman–Crippen LogP) is 3.44. The van der Waals surface area contributed by atoms with Gasteiger partial charge in [-0.15, -0.1) is 11.3 Å². The lowest BCUT2D eigenvalue weighted by molar-refractivity contribution is 0.309. The number of nitrogens with zero attached hydrogens (tertiary/aromatic N) is 3. The molecule has 1 aliphatic heterocycles. The van der Waals surface area contributed by atoms with Crippen molar-refractivity contribution in [2.75, 3.05) is 19.6 Å². The normalized spacial score (nSPS) is 21.0. The van der Waals surface area contributed by atoms with Crippen LogP contribution in [0.2, 0.25) is 0 Å². The summed E-state index contributed by atoms with van der Waals surface area (Å²) in [5.74, 6) is 1.08. The fourth-order valence-corrected chi connectivity index (χ4v) is 4.59. The number of aliphatic imine (C=N–C) groups is 1. The fraction of sp³-hybridized carbons (Fsp3) is 0.765. The minimum atomic E-state index is 0.590. The molecule has 1 aromatic heterocycles. The van der Waals surface area contributed by atoms with Crippen molar-refractivity contribution in [3.8, 4) is 0 Å². The van der Waals surface area contributed by atoms with E-state index in [9.17, 15) is 0 Å². The maximum absolute atomic E-state index is 4.85. The first-order chi connectivity index (χ1) is 10.7. The van der Waals surface area contributed by atoms with Crippen LogP contribution < -0.4 is 5.32 Å². The van der Waals surface area contributed by atoms with Gasteiger partial charge in [0.2, 0.25) is 0 Å². The van der Waals surface area contributed by atoms with E-state index in [-0.39, 0.29) is 0 Å². The van der Waals surface area contributed by atoms with Crippen LogP contribution in [-0.4, -0.2) is 35.5 Å². The zero-order chi connectivity index (χ0) is 15.4. The lowest BCUT2D eigenvalue weighted by atomic mass is 9.86. The van der Waals surface area contributed by atoms with Crippen LogP contribution in [0.1, 0.15) is 55.8 Å². The third-order valence-corrected chi connectivity index (χ3v) is 6.18. The maximum Gasteiger partial charge on any atom is 0.194 e. The number of nitrogens with one attached hydrogen (secondary N) is 1. The van der Waals surface area contributed by atoms with Crippen molar-refractivity contribution in [3.63, 3.8) is 0 Å². The summed E-state index contributed by atoms with van der Waals surface area (Å²) in [5, 5.41) is 4.60. The molecule has 2 aliphatic rings. The van der Waals surface area contributed by atoms with Crippen LogP contribution >= 0.6 is 11.3 Å². The average molecular weight is 321 g/mol. The highest BCUT2D eigenvalue weighted by atomic mass is 32.1. The Morgan fingerprint density at radius 3 is 2.86 bits per heavy atom. The highest BCUT2D eigenvalue weighted by Gasteiger charge is 2.41. The van der Waals surface area contributed by atoms with Gasteiger partial charge in [0.25, 0.3) is 0 Å². The molecule has 5 heteroatoms. The van der Waals surface area contributed by atoms with Crippen molar-refractivity contribution < 1.29 is 0 Å². The summed E-state index contributed by atoms with van der Waals surface area (Å²) in [6.45, 7) is 8.31.